The largest absolute Gasteiger partial charge is 0.503 e. The first-order valence-electron chi connectivity index (χ1n) is 10.4. The SMILES string of the molecule is COc1ccc2c(c1)C(CC(=O)NCc1ccco1)=C(C)C2=Cc1cc(Cl)c(O)c(OC)c1. The van der Waals surface area contributed by atoms with Crippen molar-refractivity contribution in [2.24, 2.45) is 0 Å². The molecule has 0 unspecified atom stereocenters. The molecule has 1 amide bonds. The van der Waals surface area contributed by atoms with Gasteiger partial charge in [-0.15, -0.1) is 0 Å². The molecule has 33 heavy (non-hydrogen) atoms. The van der Waals surface area contributed by atoms with Crippen molar-refractivity contribution in [1.82, 2.24) is 5.32 Å². The summed E-state index contributed by atoms with van der Waals surface area (Å²) in [6.07, 6.45) is 3.77. The Labute approximate surface area is 197 Å². The number of allylic oxidation sites excluding steroid dienone is 2. The van der Waals surface area contributed by atoms with Gasteiger partial charge in [0, 0.05) is 0 Å². The van der Waals surface area contributed by atoms with Crippen LogP contribution in [0, 0.1) is 0 Å². The van der Waals surface area contributed by atoms with Gasteiger partial charge in [-0.25, -0.2) is 0 Å². The van der Waals surface area contributed by atoms with Crippen LogP contribution in [0.25, 0.3) is 17.2 Å². The normalized spacial score (nSPS) is 13.9. The lowest BCUT2D eigenvalue weighted by atomic mass is 10.00. The number of halogens is 1. The Morgan fingerprint density at radius 2 is 1.97 bits per heavy atom. The quantitative estimate of drug-likeness (QED) is 0.468. The van der Waals surface area contributed by atoms with E-state index in [2.05, 4.69) is 5.32 Å². The third-order valence-corrected chi connectivity index (χ3v) is 5.95. The van der Waals surface area contributed by atoms with E-state index >= 15 is 0 Å². The zero-order valence-electron chi connectivity index (χ0n) is 18.6. The number of carbonyl (C=O) groups is 1. The van der Waals surface area contributed by atoms with Gasteiger partial charge in [0.05, 0.1) is 38.5 Å². The minimum atomic E-state index is -0.106. The monoisotopic (exact) mass is 465 g/mol. The van der Waals surface area contributed by atoms with E-state index in [1.54, 1.807) is 31.6 Å². The number of benzene rings is 2. The number of amides is 1. The number of furan rings is 1. The van der Waals surface area contributed by atoms with E-state index in [1.165, 1.54) is 7.11 Å². The number of ether oxygens (including phenoxy) is 2. The fraction of sp³-hybridized carbons (Fsp3) is 0.192. The molecule has 4 rings (SSSR count). The maximum atomic E-state index is 12.7. The highest BCUT2D eigenvalue weighted by Gasteiger charge is 2.26. The fourth-order valence-corrected chi connectivity index (χ4v) is 4.16. The second-order valence-corrected chi connectivity index (χ2v) is 8.07. The Morgan fingerprint density at radius 3 is 2.67 bits per heavy atom. The first-order chi connectivity index (χ1) is 15.9. The number of fused-ring (bicyclic) bond motifs is 1. The Bertz CT molecular complexity index is 1260. The summed E-state index contributed by atoms with van der Waals surface area (Å²) >= 11 is 6.19. The first-order valence-corrected chi connectivity index (χ1v) is 10.7. The predicted octanol–water partition coefficient (Wildman–Crippen LogP) is 5.69. The Balaban J connectivity index is 1.71. The second kappa shape index (κ2) is 9.46. The predicted molar refractivity (Wildman–Crippen MR) is 128 cm³/mol. The van der Waals surface area contributed by atoms with Crippen LogP contribution in [0.1, 0.15) is 35.8 Å². The van der Waals surface area contributed by atoms with E-state index in [9.17, 15) is 9.90 Å². The third-order valence-electron chi connectivity index (χ3n) is 5.66. The number of nitrogens with one attached hydrogen (secondary N) is 1. The summed E-state index contributed by atoms with van der Waals surface area (Å²) in [5.74, 6) is 1.50. The van der Waals surface area contributed by atoms with Crippen molar-refractivity contribution in [3.63, 3.8) is 0 Å². The molecule has 1 aliphatic rings. The molecule has 1 aromatic heterocycles. The summed E-state index contributed by atoms with van der Waals surface area (Å²) in [5.41, 5.74) is 5.58. The van der Waals surface area contributed by atoms with E-state index in [0.717, 1.165) is 33.4 Å². The molecule has 0 aliphatic heterocycles. The number of hydrogen-bond donors (Lipinski definition) is 2. The highest BCUT2D eigenvalue weighted by molar-refractivity contribution is 6.32. The molecule has 170 valence electrons. The molecule has 2 N–H and O–H groups in total. The van der Waals surface area contributed by atoms with Crippen LogP contribution in [-0.2, 0) is 11.3 Å². The molecule has 0 saturated heterocycles. The van der Waals surface area contributed by atoms with Crippen LogP contribution < -0.4 is 14.8 Å². The van der Waals surface area contributed by atoms with Gasteiger partial charge in [0.2, 0.25) is 5.91 Å². The molecule has 1 heterocycles. The summed E-state index contributed by atoms with van der Waals surface area (Å²) < 4.78 is 15.9. The number of phenolic OH excluding ortho intramolecular Hbond substituents is 1. The number of carbonyl (C=O) groups excluding carboxylic acids is 1. The van der Waals surface area contributed by atoms with Crippen molar-refractivity contribution >= 4 is 34.7 Å². The molecular weight excluding hydrogens is 442 g/mol. The third kappa shape index (κ3) is 4.61. The van der Waals surface area contributed by atoms with Crippen molar-refractivity contribution in [2.75, 3.05) is 14.2 Å². The summed E-state index contributed by atoms with van der Waals surface area (Å²) in [4.78, 5) is 12.7. The minimum Gasteiger partial charge on any atom is -0.503 e. The number of hydrogen-bond acceptors (Lipinski definition) is 5. The number of aromatic hydroxyl groups is 1. The molecule has 6 nitrogen and oxygen atoms in total. The van der Waals surface area contributed by atoms with Crippen LogP contribution in [0.4, 0.5) is 0 Å². The molecule has 1 aliphatic carbocycles. The molecule has 0 atom stereocenters. The van der Waals surface area contributed by atoms with Crippen LogP contribution in [0.3, 0.4) is 0 Å². The van der Waals surface area contributed by atoms with Crippen molar-refractivity contribution in [1.29, 1.82) is 0 Å². The van der Waals surface area contributed by atoms with Crippen LogP contribution in [0.2, 0.25) is 5.02 Å². The molecule has 3 aromatic rings. The van der Waals surface area contributed by atoms with Crippen molar-refractivity contribution in [3.05, 3.63) is 81.8 Å². The van der Waals surface area contributed by atoms with E-state index < -0.39 is 0 Å². The average Bonchev–Trinajstić information content (AvgIpc) is 3.42. The van der Waals surface area contributed by atoms with Crippen molar-refractivity contribution < 1.29 is 23.8 Å². The minimum absolute atomic E-state index is 0.0981. The standard InChI is InChI=1S/C26H24ClNO5/c1-15-20(9-16-10-23(27)26(30)24(11-16)32-3)19-7-6-17(31-2)12-22(19)21(15)13-25(29)28-14-18-5-4-8-33-18/h4-12,30H,13-14H2,1-3H3,(H,28,29). The molecule has 0 saturated carbocycles. The summed E-state index contributed by atoms with van der Waals surface area (Å²) in [5, 5.41) is 13.2. The average molecular weight is 466 g/mol. The smallest absolute Gasteiger partial charge is 0.224 e. The summed E-state index contributed by atoms with van der Waals surface area (Å²) in [7, 11) is 3.09. The lowest BCUT2D eigenvalue weighted by Gasteiger charge is -2.09. The van der Waals surface area contributed by atoms with Crippen LogP contribution in [-0.4, -0.2) is 25.2 Å². The van der Waals surface area contributed by atoms with E-state index in [0.29, 0.717) is 23.8 Å². The summed E-state index contributed by atoms with van der Waals surface area (Å²) in [6, 6.07) is 12.8. The highest BCUT2D eigenvalue weighted by Crippen LogP contribution is 2.45. The fourth-order valence-electron chi connectivity index (χ4n) is 3.94. The first kappa shape index (κ1) is 22.6. The number of phenols is 1. The Kier molecular flexibility index (Phi) is 6.47. The second-order valence-electron chi connectivity index (χ2n) is 7.66. The lowest BCUT2D eigenvalue weighted by Crippen LogP contribution is -2.22. The maximum Gasteiger partial charge on any atom is 0.224 e. The molecule has 0 bridgehead atoms. The van der Waals surface area contributed by atoms with Gasteiger partial charge in [0.25, 0.3) is 0 Å². The summed E-state index contributed by atoms with van der Waals surface area (Å²) in [6.45, 7) is 2.32. The van der Waals surface area contributed by atoms with Gasteiger partial charge in [-0.05, 0) is 82.8 Å². The molecular formula is C26H24ClNO5. The highest BCUT2D eigenvalue weighted by atomic mass is 35.5. The van der Waals surface area contributed by atoms with E-state index in [4.69, 9.17) is 25.5 Å². The lowest BCUT2D eigenvalue weighted by molar-refractivity contribution is -0.120. The van der Waals surface area contributed by atoms with Crippen molar-refractivity contribution in [2.45, 2.75) is 19.9 Å². The van der Waals surface area contributed by atoms with E-state index in [1.807, 2.05) is 37.3 Å². The van der Waals surface area contributed by atoms with E-state index in [-0.39, 0.29) is 23.1 Å². The zero-order valence-corrected chi connectivity index (χ0v) is 19.3. The molecule has 7 heteroatoms. The number of methoxy groups -OCH3 is 2. The zero-order chi connectivity index (χ0) is 23.5. The molecule has 0 radical (unpaired) electrons. The Hall–Kier alpha value is -3.64. The Morgan fingerprint density at radius 1 is 1.15 bits per heavy atom. The van der Waals surface area contributed by atoms with Gasteiger partial charge in [0.1, 0.15) is 11.5 Å². The molecule has 2 aromatic carbocycles. The number of rotatable bonds is 7. The van der Waals surface area contributed by atoms with Crippen molar-refractivity contribution in [3.8, 4) is 17.2 Å². The van der Waals surface area contributed by atoms with Gasteiger partial charge in [-0.1, -0.05) is 17.7 Å². The molecule has 0 spiro atoms. The van der Waals surface area contributed by atoms with Gasteiger partial charge >= 0.3 is 0 Å². The van der Waals surface area contributed by atoms with Gasteiger partial charge in [-0.3, -0.25) is 4.79 Å². The van der Waals surface area contributed by atoms with Gasteiger partial charge < -0.3 is 24.3 Å². The van der Waals surface area contributed by atoms with Gasteiger partial charge in [-0.2, -0.15) is 0 Å². The maximum absolute atomic E-state index is 12.7. The molecule has 0 fully saturated rings. The van der Waals surface area contributed by atoms with Crippen LogP contribution in [0.5, 0.6) is 17.2 Å². The van der Waals surface area contributed by atoms with Crippen LogP contribution >= 0.6 is 11.6 Å². The topological polar surface area (TPSA) is 80.9 Å². The van der Waals surface area contributed by atoms with Gasteiger partial charge in [0.15, 0.2) is 11.5 Å². The van der Waals surface area contributed by atoms with Crippen LogP contribution in [0.15, 0.2) is 58.7 Å².